The van der Waals surface area contributed by atoms with E-state index in [1.165, 1.54) is 0 Å². The van der Waals surface area contributed by atoms with Gasteiger partial charge in [0.15, 0.2) is 4.67 Å². The van der Waals surface area contributed by atoms with Crippen LogP contribution in [0.4, 0.5) is 0 Å². The summed E-state index contributed by atoms with van der Waals surface area (Å²) in [4.78, 5) is 14.0. The second-order valence-corrected chi connectivity index (χ2v) is 6.54. The molecule has 1 amide bonds. The van der Waals surface area contributed by atoms with Crippen LogP contribution in [0.1, 0.15) is 16.1 Å². The van der Waals surface area contributed by atoms with Gasteiger partial charge in [-0.2, -0.15) is 0 Å². The zero-order chi connectivity index (χ0) is 14.0. The molecule has 1 aromatic carbocycles. The summed E-state index contributed by atoms with van der Waals surface area (Å²) in [5, 5.41) is 0. The van der Waals surface area contributed by atoms with Crippen molar-refractivity contribution >= 4 is 53.7 Å². The number of furan rings is 1. The SMILES string of the molecule is CN(Cc1ccc(Br)o1)C(=O)c1cc(Br)ccc1Br. The molecule has 0 unspecified atom stereocenters. The van der Waals surface area contributed by atoms with Crippen molar-refractivity contribution in [1.82, 2.24) is 4.90 Å². The molecule has 100 valence electrons. The maximum absolute atomic E-state index is 12.4. The van der Waals surface area contributed by atoms with Gasteiger partial charge in [0.25, 0.3) is 5.91 Å². The van der Waals surface area contributed by atoms with Gasteiger partial charge in [-0.3, -0.25) is 4.79 Å². The third-order valence-corrected chi connectivity index (χ3v) is 4.14. The highest BCUT2D eigenvalue weighted by Crippen LogP contribution is 2.23. The fraction of sp³-hybridized carbons (Fsp3) is 0.154. The highest BCUT2D eigenvalue weighted by molar-refractivity contribution is 9.11. The smallest absolute Gasteiger partial charge is 0.255 e. The van der Waals surface area contributed by atoms with Gasteiger partial charge >= 0.3 is 0 Å². The summed E-state index contributed by atoms with van der Waals surface area (Å²) in [6.45, 7) is 0.420. The molecule has 1 heterocycles. The van der Waals surface area contributed by atoms with Crippen LogP contribution >= 0.6 is 47.8 Å². The molecule has 0 fully saturated rings. The number of carbonyl (C=O) groups is 1. The summed E-state index contributed by atoms with van der Waals surface area (Å²) in [6.07, 6.45) is 0. The van der Waals surface area contributed by atoms with Crippen LogP contribution in [0.15, 0.2) is 48.4 Å². The van der Waals surface area contributed by atoms with E-state index >= 15 is 0 Å². The second-order valence-electron chi connectivity index (χ2n) is 3.99. The van der Waals surface area contributed by atoms with Crippen LogP contribution in [0.25, 0.3) is 0 Å². The summed E-state index contributed by atoms with van der Waals surface area (Å²) in [7, 11) is 1.74. The highest BCUT2D eigenvalue weighted by atomic mass is 79.9. The molecule has 0 N–H and O–H groups in total. The third kappa shape index (κ3) is 3.70. The Kier molecular flexibility index (Phi) is 4.86. The molecule has 2 rings (SSSR count). The molecule has 1 aromatic heterocycles. The Labute approximate surface area is 136 Å². The van der Waals surface area contributed by atoms with Crippen LogP contribution in [-0.2, 0) is 6.54 Å². The summed E-state index contributed by atoms with van der Waals surface area (Å²) in [6, 6.07) is 9.16. The lowest BCUT2D eigenvalue weighted by molar-refractivity contribution is 0.0774. The Hall–Kier alpha value is -0.590. The van der Waals surface area contributed by atoms with E-state index in [2.05, 4.69) is 47.8 Å². The Morgan fingerprint density at radius 2 is 1.95 bits per heavy atom. The summed E-state index contributed by atoms with van der Waals surface area (Å²) in [5.41, 5.74) is 0.613. The van der Waals surface area contributed by atoms with Gasteiger partial charge in [-0.25, -0.2) is 0 Å². The first-order valence-electron chi connectivity index (χ1n) is 5.42. The van der Waals surface area contributed by atoms with E-state index in [1.54, 1.807) is 18.0 Å². The van der Waals surface area contributed by atoms with Gasteiger partial charge in [-0.15, -0.1) is 0 Å². The molecule has 0 bridgehead atoms. The van der Waals surface area contributed by atoms with Gasteiger partial charge in [-0.1, -0.05) is 15.9 Å². The summed E-state index contributed by atoms with van der Waals surface area (Å²) in [5.74, 6) is 0.662. The van der Waals surface area contributed by atoms with E-state index < -0.39 is 0 Å². The molecule has 0 saturated heterocycles. The molecule has 0 aliphatic carbocycles. The van der Waals surface area contributed by atoms with Gasteiger partial charge in [0.1, 0.15) is 5.76 Å². The van der Waals surface area contributed by atoms with Crippen molar-refractivity contribution in [3.63, 3.8) is 0 Å². The zero-order valence-corrected chi connectivity index (χ0v) is 14.7. The van der Waals surface area contributed by atoms with Gasteiger partial charge < -0.3 is 9.32 Å². The van der Waals surface area contributed by atoms with E-state index in [0.29, 0.717) is 16.8 Å². The minimum Gasteiger partial charge on any atom is -0.452 e. The number of carbonyl (C=O) groups excluding carboxylic acids is 1. The molecule has 0 aliphatic rings. The van der Waals surface area contributed by atoms with Crippen LogP contribution in [0.5, 0.6) is 0 Å². The lowest BCUT2D eigenvalue weighted by atomic mass is 10.2. The van der Waals surface area contributed by atoms with Crippen molar-refractivity contribution in [2.45, 2.75) is 6.54 Å². The molecule has 0 radical (unpaired) electrons. The van der Waals surface area contributed by atoms with Crippen molar-refractivity contribution in [1.29, 1.82) is 0 Å². The number of rotatable bonds is 3. The molecule has 0 saturated carbocycles. The van der Waals surface area contributed by atoms with Crippen LogP contribution in [0.3, 0.4) is 0 Å². The fourth-order valence-electron chi connectivity index (χ4n) is 1.61. The molecular weight excluding hydrogens is 442 g/mol. The number of amides is 1. The van der Waals surface area contributed by atoms with E-state index in [1.807, 2.05) is 24.3 Å². The molecule has 3 nitrogen and oxygen atoms in total. The van der Waals surface area contributed by atoms with E-state index in [4.69, 9.17) is 4.42 Å². The van der Waals surface area contributed by atoms with E-state index in [-0.39, 0.29) is 5.91 Å². The predicted octanol–water partition coefficient (Wildman–Crippen LogP) is 4.84. The monoisotopic (exact) mass is 449 g/mol. The molecule has 6 heteroatoms. The highest BCUT2D eigenvalue weighted by Gasteiger charge is 2.16. The zero-order valence-electron chi connectivity index (χ0n) is 9.99. The fourth-order valence-corrected chi connectivity index (χ4v) is 2.73. The lowest BCUT2D eigenvalue weighted by Gasteiger charge is -2.16. The maximum atomic E-state index is 12.4. The Bertz CT molecular complexity index is 610. The number of hydrogen-bond acceptors (Lipinski definition) is 2. The standard InChI is InChI=1S/C13H10Br3NO2/c1-17(7-9-3-5-12(16)19-9)13(18)10-6-8(14)2-4-11(10)15/h2-6H,7H2,1H3. The number of nitrogens with zero attached hydrogens (tertiary/aromatic N) is 1. The van der Waals surface area contributed by atoms with Gasteiger partial charge in [-0.05, 0) is 62.2 Å². The van der Waals surface area contributed by atoms with E-state index in [9.17, 15) is 4.79 Å². The van der Waals surface area contributed by atoms with Crippen LogP contribution in [-0.4, -0.2) is 17.9 Å². The second kappa shape index (κ2) is 6.24. The topological polar surface area (TPSA) is 33.5 Å². The third-order valence-electron chi connectivity index (χ3n) is 2.53. The minimum absolute atomic E-state index is 0.0688. The van der Waals surface area contributed by atoms with Crippen molar-refractivity contribution in [2.75, 3.05) is 7.05 Å². The van der Waals surface area contributed by atoms with Crippen molar-refractivity contribution < 1.29 is 9.21 Å². The maximum Gasteiger partial charge on any atom is 0.255 e. The Morgan fingerprint density at radius 1 is 1.21 bits per heavy atom. The van der Waals surface area contributed by atoms with Crippen LogP contribution in [0, 0.1) is 0 Å². The molecular formula is C13H10Br3NO2. The molecule has 0 atom stereocenters. The lowest BCUT2D eigenvalue weighted by Crippen LogP contribution is -2.26. The first-order chi connectivity index (χ1) is 8.97. The molecule has 0 spiro atoms. The predicted molar refractivity (Wildman–Crippen MR) is 84.0 cm³/mol. The van der Waals surface area contributed by atoms with Crippen molar-refractivity contribution in [3.05, 3.63) is 55.3 Å². The van der Waals surface area contributed by atoms with Crippen molar-refractivity contribution in [3.8, 4) is 0 Å². The Balaban J connectivity index is 2.16. The summed E-state index contributed by atoms with van der Waals surface area (Å²) >= 11 is 10.00. The van der Waals surface area contributed by atoms with Gasteiger partial charge in [0.05, 0.1) is 12.1 Å². The van der Waals surface area contributed by atoms with E-state index in [0.717, 1.165) is 14.7 Å². The minimum atomic E-state index is -0.0688. The molecule has 2 aromatic rings. The van der Waals surface area contributed by atoms with Crippen LogP contribution in [0.2, 0.25) is 0 Å². The van der Waals surface area contributed by atoms with Gasteiger partial charge in [0, 0.05) is 16.0 Å². The molecule has 0 aliphatic heterocycles. The average Bonchev–Trinajstić information content (AvgIpc) is 2.77. The number of benzene rings is 1. The average molecular weight is 452 g/mol. The number of hydrogen-bond donors (Lipinski definition) is 0. The Morgan fingerprint density at radius 3 is 2.58 bits per heavy atom. The largest absolute Gasteiger partial charge is 0.452 e. The van der Waals surface area contributed by atoms with Crippen molar-refractivity contribution in [2.24, 2.45) is 0 Å². The van der Waals surface area contributed by atoms with Gasteiger partial charge in [0.2, 0.25) is 0 Å². The number of halogens is 3. The first kappa shape index (κ1) is 14.8. The summed E-state index contributed by atoms with van der Waals surface area (Å²) < 4.78 is 7.70. The normalized spacial score (nSPS) is 10.5. The van der Waals surface area contributed by atoms with Crippen LogP contribution < -0.4 is 0 Å². The first-order valence-corrected chi connectivity index (χ1v) is 7.80. The quantitative estimate of drug-likeness (QED) is 0.669. The molecule has 19 heavy (non-hydrogen) atoms.